The van der Waals surface area contributed by atoms with Gasteiger partial charge in [-0.15, -0.1) is 0 Å². The Bertz CT molecular complexity index is 747. The monoisotopic (exact) mass is 715 g/mol. The van der Waals surface area contributed by atoms with Crippen molar-refractivity contribution >= 4 is 17.2 Å². The lowest BCUT2D eigenvalue weighted by Crippen LogP contribution is -2.56. The van der Waals surface area contributed by atoms with Crippen LogP contribution in [0.4, 0.5) is 0 Å². The molecule has 7 N–H and O–H groups in total. The maximum Gasteiger partial charge on any atom is 0.107 e. The van der Waals surface area contributed by atoms with E-state index in [2.05, 4.69) is 17.6 Å². The average molecular weight is 715 g/mol. The molecule has 0 heterocycles. The Hall–Kier alpha value is -0.350. The Morgan fingerprint density at radius 1 is 0.612 bits per heavy atom. The number of rotatable bonds is 32. The van der Waals surface area contributed by atoms with E-state index in [9.17, 15) is 25.5 Å². The van der Waals surface area contributed by atoms with E-state index in [4.69, 9.17) is 12.2 Å². The zero-order valence-electron chi connectivity index (χ0n) is 32.1. The molecule has 0 saturated heterocycles. The van der Waals surface area contributed by atoms with Crippen LogP contribution in [0.1, 0.15) is 206 Å². The van der Waals surface area contributed by atoms with Crippen molar-refractivity contribution in [1.29, 1.82) is 0 Å². The van der Waals surface area contributed by atoms with Gasteiger partial charge in [0.15, 0.2) is 0 Å². The van der Waals surface area contributed by atoms with Crippen molar-refractivity contribution in [3.63, 3.8) is 0 Å². The number of unbranched alkanes of at least 4 members (excludes halogenated alkanes) is 22. The molecule has 1 aliphatic carbocycles. The first-order valence-electron chi connectivity index (χ1n) is 21.2. The predicted octanol–water partition coefficient (Wildman–Crippen LogP) is 8.79. The molecule has 1 rings (SSSR count). The van der Waals surface area contributed by atoms with Crippen LogP contribution in [0.15, 0.2) is 0 Å². The second-order valence-electron chi connectivity index (χ2n) is 15.4. The molecule has 0 radical (unpaired) electrons. The Balaban J connectivity index is 2.09. The molecular weight excluding hydrogens is 633 g/mol. The first-order valence-corrected chi connectivity index (χ1v) is 21.6. The van der Waals surface area contributed by atoms with E-state index in [1.165, 1.54) is 135 Å². The highest BCUT2D eigenvalue weighted by Crippen LogP contribution is 2.20. The Labute approximate surface area is 308 Å². The lowest BCUT2D eigenvalue weighted by Gasteiger charge is -2.34. The largest absolute Gasteiger partial charge is 0.393 e. The summed E-state index contributed by atoms with van der Waals surface area (Å²) in [6, 6.07) is -0.812. The summed E-state index contributed by atoms with van der Waals surface area (Å²) < 4.78 is 0. The highest BCUT2D eigenvalue weighted by Gasteiger charge is 2.33. The van der Waals surface area contributed by atoms with E-state index in [0.717, 1.165) is 32.1 Å². The Morgan fingerprint density at radius 3 is 1.49 bits per heavy atom. The first kappa shape index (κ1) is 46.7. The molecule has 8 heteroatoms. The molecule has 0 aromatic heterocycles. The zero-order valence-corrected chi connectivity index (χ0v) is 32.9. The summed E-state index contributed by atoms with van der Waals surface area (Å²) in [5.41, 5.74) is 0. The molecule has 0 amide bonds. The molecule has 49 heavy (non-hydrogen) atoms. The summed E-state index contributed by atoms with van der Waals surface area (Å²) in [4.78, 5) is 0.717. The van der Waals surface area contributed by atoms with Gasteiger partial charge in [-0.1, -0.05) is 180 Å². The van der Waals surface area contributed by atoms with Gasteiger partial charge < -0.3 is 36.2 Å². The molecule has 1 fully saturated rings. The summed E-state index contributed by atoms with van der Waals surface area (Å²) in [5, 5.41) is 58.8. The molecule has 1 aliphatic rings. The second-order valence-corrected chi connectivity index (χ2v) is 15.9. The van der Waals surface area contributed by atoms with Crippen molar-refractivity contribution in [2.75, 3.05) is 6.54 Å². The summed E-state index contributed by atoms with van der Waals surface area (Å²) in [6.07, 6.45) is 31.3. The molecule has 1 saturated carbocycles. The van der Waals surface area contributed by atoms with Gasteiger partial charge >= 0.3 is 0 Å². The maximum absolute atomic E-state index is 10.9. The topological polar surface area (TPSA) is 125 Å². The van der Waals surface area contributed by atoms with Crippen LogP contribution in [0.25, 0.3) is 0 Å². The van der Waals surface area contributed by atoms with Gasteiger partial charge in [0.05, 0.1) is 35.4 Å². The van der Waals surface area contributed by atoms with Gasteiger partial charge in [0, 0.05) is 19.0 Å². The third-order valence-corrected chi connectivity index (χ3v) is 11.1. The van der Waals surface area contributed by atoms with Crippen LogP contribution in [0.5, 0.6) is 0 Å². The van der Waals surface area contributed by atoms with Crippen LogP contribution >= 0.6 is 12.2 Å². The van der Waals surface area contributed by atoms with Gasteiger partial charge in [-0.3, -0.25) is 0 Å². The van der Waals surface area contributed by atoms with E-state index in [1.54, 1.807) is 0 Å². The van der Waals surface area contributed by atoms with E-state index in [1.807, 2.05) is 6.92 Å². The highest BCUT2D eigenvalue weighted by molar-refractivity contribution is 7.80. The molecule has 0 aliphatic heterocycles. The summed E-state index contributed by atoms with van der Waals surface area (Å²) in [7, 11) is 0. The molecule has 7 unspecified atom stereocenters. The molecule has 7 nitrogen and oxygen atoms in total. The quantitative estimate of drug-likeness (QED) is 0.0273. The van der Waals surface area contributed by atoms with Crippen LogP contribution in [-0.4, -0.2) is 79.7 Å². The van der Waals surface area contributed by atoms with E-state index < -0.39 is 42.6 Å². The van der Waals surface area contributed by atoms with E-state index >= 15 is 0 Å². The molecule has 292 valence electrons. The predicted molar refractivity (Wildman–Crippen MR) is 211 cm³/mol. The molecule has 0 spiro atoms. The van der Waals surface area contributed by atoms with E-state index in [0.29, 0.717) is 30.8 Å². The minimum Gasteiger partial charge on any atom is -0.393 e. The smallest absolute Gasteiger partial charge is 0.107 e. The fourth-order valence-corrected chi connectivity index (χ4v) is 7.56. The number of aliphatic hydroxyl groups is 5. The lowest BCUT2D eigenvalue weighted by molar-refractivity contribution is -0.0816. The summed E-state index contributed by atoms with van der Waals surface area (Å²) >= 11 is 5.66. The Kier molecular flexibility index (Phi) is 30.8. The molecule has 0 bridgehead atoms. The maximum atomic E-state index is 10.9. The minimum atomic E-state index is -1.20. The van der Waals surface area contributed by atoms with Crippen LogP contribution in [0, 0.1) is 0 Å². The van der Waals surface area contributed by atoms with Crippen molar-refractivity contribution < 1.29 is 25.5 Å². The zero-order chi connectivity index (χ0) is 36.0. The van der Waals surface area contributed by atoms with Crippen LogP contribution in [0.3, 0.4) is 0 Å². The highest BCUT2D eigenvalue weighted by atomic mass is 32.1. The molecule has 0 aromatic carbocycles. The van der Waals surface area contributed by atoms with Gasteiger partial charge in [0.25, 0.3) is 0 Å². The first-order chi connectivity index (χ1) is 23.8. The normalized spacial score (nSPS) is 21.9. The number of nitrogens with one attached hydrogen (secondary N) is 2. The number of aliphatic hydroxyl groups excluding tert-OH is 5. The van der Waals surface area contributed by atoms with Crippen molar-refractivity contribution in [2.45, 2.75) is 249 Å². The fraction of sp³-hybridized carbons (Fsp3) is 0.976. The third-order valence-electron chi connectivity index (χ3n) is 10.8. The van der Waals surface area contributed by atoms with Gasteiger partial charge in [0.2, 0.25) is 0 Å². The lowest BCUT2D eigenvalue weighted by atomic mass is 9.90. The number of hydrogen-bond acceptors (Lipinski definition) is 7. The van der Waals surface area contributed by atoms with Crippen LogP contribution in [0.2, 0.25) is 0 Å². The van der Waals surface area contributed by atoms with Gasteiger partial charge in [0.1, 0.15) is 6.10 Å². The van der Waals surface area contributed by atoms with Crippen molar-refractivity contribution in [2.24, 2.45) is 0 Å². The van der Waals surface area contributed by atoms with Crippen molar-refractivity contribution in [3.05, 3.63) is 0 Å². The Morgan fingerprint density at radius 2 is 1.04 bits per heavy atom. The number of thiocarbonyl (C=S) groups is 1. The second kappa shape index (κ2) is 32.3. The van der Waals surface area contributed by atoms with Crippen molar-refractivity contribution in [3.8, 4) is 0 Å². The third kappa shape index (κ3) is 25.3. The van der Waals surface area contributed by atoms with Gasteiger partial charge in [-0.2, -0.15) is 0 Å². The fourth-order valence-electron chi connectivity index (χ4n) is 7.27. The molecular formula is C41H82N2O5S. The van der Waals surface area contributed by atoms with Gasteiger partial charge in [-0.25, -0.2) is 0 Å². The van der Waals surface area contributed by atoms with E-state index in [-0.39, 0.29) is 6.42 Å². The van der Waals surface area contributed by atoms with Crippen LogP contribution in [-0.2, 0) is 0 Å². The molecule has 0 aromatic rings. The van der Waals surface area contributed by atoms with Crippen molar-refractivity contribution in [1.82, 2.24) is 10.6 Å². The number of hydrogen-bond donors (Lipinski definition) is 7. The van der Waals surface area contributed by atoms with Gasteiger partial charge in [-0.05, 0) is 32.1 Å². The van der Waals surface area contributed by atoms with Crippen LogP contribution < -0.4 is 10.6 Å². The minimum absolute atomic E-state index is 0.243. The summed E-state index contributed by atoms with van der Waals surface area (Å²) in [5.74, 6) is 0. The standard InChI is InChI=1S/C41H82N2O5S/c1-3-5-6-7-8-9-10-11-12-13-14-15-16-17-18-19-20-21-22-23-24-25-26-31-39(49)43-36(38(46)32-34(44)4-2)33-42-35-29-27-28-30-37(45)41(48)40(35)47/h34-38,40-42,44-48H,3-33H2,1-2H3,(H,43,49). The average Bonchev–Trinajstić information content (AvgIpc) is 3.09. The molecule has 7 atom stereocenters. The SMILES string of the molecule is CCCCCCCCCCCCCCCCCCCCCCCCCC(=S)NC(CNC1CCCCC(O)C(O)C1O)C(O)CC(O)CC. The summed E-state index contributed by atoms with van der Waals surface area (Å²) in [6.45, 7) is 4.52.